The predicted octanol–water partition coefficient (Wildman–Crippen LogP) is 3.77. The topological polar surface area (TPSA) is 159 Å². The molecule has 4 aliphatic rings. The Kier molecular flexibility index (Phi) is 6.22. The number of carbonyl (C=O) groups excluding carboxylic acids is 4. The number of rotatable bonds is 4. The van der Waals surface area contributed by atoms with Crippen LogP contribution in [0.1, 0.15) is 34.7 Å². The number of hydrogen-bond donors (Lipinski definition) is 3. The summed E-state index contributed by atoms with van der Waals surface area (Å²) < 4.78 is 5.63. The Morgan fingerprint density at radius 1 is 1.02 bits per heavy atom. The molecule has 1 aliphatic heterocycles. The summed E-state index contributed by atoms with van der Waals surface area (Å²) in [6.07, 6.45) is 3.32. The van der Waals surface area contributed by atoms with Gasteiger partial charge in [-0.15, -0.1) is 0 Å². The Labute approximate surface area is 241 Å². The third-order valence-corrected chi connectivity index (χ3v) is 8.92. The van der Waals surface area contributed by atoms with Crippen LogP contribution in [0.15, 0.2) is 69.8 Å². The fourth-order valence-corrected chi connectivity index (χ4v) is 7.04. The Balaban J connectivity index is 1.48. The number of carboxylic acids is 1. The average Bonchev–Trinajstić information content (AvgIpc) is 3.19. The third-order valence-electron chi connectivity index (χ3n) is 8.33. The van der Waals surface area contributed by atoms with Crippen LogP contribution in [0.4, 0.5) is 5.69 Å². The number of carbonyl (C=O) groups is 5. The van der Waals surface area contributed by atoms with Gasteiger partial charge in [-0.2, -0.15) is 0 Å². The second-order valence-electron chi connectivity index (χ2n) is 10.3. The van der Waals surface area contributed by atoms with Crippen LogP contribution in [0.5, 0.6) is 17.2 Å². The second kappa shape index (κ2) is 9.55. The summed E-state index contributed by atoms with van der Waals surface area (Å²) >= 11 is 3.19. The maximum Gasteiger partial charge on any atom is 0.339 e. The molecule has 1 heterocycles. The monoisotopic (exact) mass is 619 g/mol. The molecule has 208 valence electrons. The molecule has 4 atom stereocenters. The molecule has 2 aromatic carbocycles. The maximum absolute atomic E-state index is 14.0. The zero-order chi connectivity index (χ0) is 29.3. The van der Waals surface area contributed by atoms with E-state index in [1.807, 2.05) is 6.08 Å². The Morgan fingerprint density at radius 2 is 1.78 bits per heavy atom. The van der Waals surface area contributed by atoms with Gasteiger partial charge < -0.3 is 20.1 Å². The minimum atomic E-state index is -1.36. The first-order chi connectivity index (χ1) is 19.5. The molecule has 0 saturated carbocycles. The molecule has 3 N–H and O–H groups in total. The van der Waals surface area contributed by atoms with Crippen LogP contribution < -0.4 is 9.64 Å². The lowest BCUT2D eigenvalue weighted by Crippen LogP contribution is -2.39. The summed E-state index contributed by atoms with van der Waals surface area (Å²) in [6.45, 7) is 0. The van der Waals surface area contributed by atoms with Gasteiger partial charge in [-0.05, 0) is 52.9 Å². The number of hydrogen-bond acceptors (Lipinski definition) is 8. The molecule has 1 fully saturated rings. The molecule has 6 rings (SSSR count). The van der Waals surface area contributed by atoms with E-state index >= 15 is 0 Å². The van der Waals surface area contributed by atoms with Crippen LogP contribution in [0.25, 0.3) is 0 Å². The van der Waals surface area contributed by atoms with Gasteiger partial charge >= 0.3 is 5.97 Å². The number of phenolic OH excluding ortho intramolecular Hbond substituents is 1. The van der Waals surface area contributed by atoms with E-state index in [4.69, 9.17) is 4.74 Å². The van der Waals surface area contributed by atoms with Crippen molar-refractivity contribution in [2.75, 3.05) is 12.0 Å². The number of halogens is 1. The minimum Gasteiger partial charge on any atom is -0.508 e. The van der Waals surface area contributed by atoms with E-state index in [1.165, 1.54) is 31.4 Å². The number of carboxylic acid groups (broad SMARTS) is 1. The number of allylic oxidation sites excluding steroid dienone is 6. The van der Waals surface area contributed by atoms with Crippen LogP contribution in [-0.2, 0) is 19.2 Å². The van der Waals surface area contributed by atoms with Crippen molar-refractivity contribution in [3.05, 3.63) is 80.9 Å². The van der Waals surface area contributed by atoms with Crippen LogP contribution in [0.3, 0.4) is 0 Å². The molecule has 10 nitrogen and oxygen atoms in total. The maximum atomic E-state index is 14.0. The minimum absolute atomic E-state index is 0.0421. The van der Waals surface area contributed by atoms with Gasteiger partial charge in [-0.1, -0.05) is 17.7 Å². The lowest BCUT2D eigenvalue weighted by Gasteiger charge is -2.42. The number of anilines is 1. The van der Waals surface area contributed by atoms with Crippen molar-refractivity contribution in [3.8, 4) is 17.2 Å². The normalized spacial score (nSPS) is 25.4. The number of imide groups is 1. The van der Waals surface area contributed by atoms with Gasteiger partial charge in [0.15, 0.2) is 11.6 Å². The fourth-order valence-electron chi connectivity index (χ4n) is 6.59. The highest BCUT2D eigenvalue weighted by Crippen LogP contribution is 2.56. The molecule has 0 unspecified atom stereocenters. The van der Waals surface area contributed by atoms with E-state index in [1.54, 1.807) is 6.07 Å². The van der Waals surface area contributed by atoms with Crippen molar-refractivity contribution >= 4 is 51.0 Å². The van der Waals surface area contributed by atoms with Gasteiger partial charge in [0.2, 0.25) is 11.8 Å². The van der Waals surface area contributed by atoms with Crippen molar-refractivity contribution < 1.29 is 44.0 Å². The molecule has 0 radical (unpaired) electrons. The Bertz CT molecular complexity index is 1700. The highest BCUT2D eigenvalue weighted by atomic mass is 79.9. The number of ether oxygens (including phenoxy) is 1. The molecule has 3 aliphatic carbocycles. The van der Waals surface area contributed by atoms with E-state index in [-0.39, 0.29) is 57.0 Å². The predicted molar refractivity (Wildman–Crippen MR) is 147 cm³/mol. The average molecular weight is 620 g/mol. The molecular formula is C30H22BrNO9. The number of aromatic carboxylic acids is 1. The highest BCUT2D eigenvalue weighted by Gasteiger charge is 2.57. The quantitative estimate of drug-likeness (QED) is 0.263. The largest absolute Gasteiger partial charge is 0.508 e. The second-order valence-corrected chi connectivity index (χ2v) is 11.2. The van der Waals surface area contributed by atoms with E-state index in [9.17, 15) is 39.3 Å². The summed E-state index contributed by atoms with van der Waals surface area (Å²) in [5, 5.41) is 29.5. The van der Waals surface area contributed by atoms with Crippen LogP contribution in [0.2, 0.25) is 0 Å². The number of ketones is 2. The van der Waals surface area contributed by atoms with Crippen molar-refractivity contribution in [2.45, 2.75) is 18.8 Å². The lowest BCUT2D eigenvalue weighted by molar-refractivity contribution is -0.123. The van der Waals surface area contributed by atoms with Crippen LogP contribution >= 0.6 is 15.9 Å². The number of Topliss-reactive ketones (excluding diaryl/α,β-unsaturated/α-hetero) is 1. The molecule has 2 amide bonds. The molecule has 11 heteroatoms. The third kappa shape index (κ3) is 3.94. The van der Waals surface area contributed by atoms with Gasteiger partial charge in [-0.25, -0.2) is 9.69 Å². The van der Waals surface area contributed by atoms with E-state index in [0.29, 0.717) is 16.9 Å². The van der Waals surface area contributed by atoms with Gasteiger partial charge in [0.05, 0.1) is 29.1 Å². The first-order valence-corrected chi connectivity index (χ1v) is 13.5. The molecule has 41 heavy (non-hydrogen) atoms. The van der Waals surface area contributed by atoms with Gasteiger partial charge in [0.1, 0.15) is 22.8 Å². The van der Waals surface area contributed by atoms with Gasteiger partial charge in [-0.3, -0.25) is 19.2 Å². The molecule has 0 aromatic heterocycles. The SMILES string of the molecule is COc1cc(O)ccc1[C@H]1C2=CC[C@@H]3C(=O)N(c4ccc(C(=O)O)c(O)c4)C(=O)[C@@H]3[C@@H]2CC2=C1C(=O)C=C(Br)C2=O. The zero-order valence-corrected chi connectivity index (χ0v) is 23.0. The van der Waals surface area contributed by atoms with E-state index in [2.05, 4.69) is 15.9 Å². The lowest BCUT2D eigenvalue weighted by atomic mass is 9.59. The number of fused-ring (bicyclic) bond motifs is 3. The number of aromatic hydroxyl groups is 2. The molecule has 2 aromatic rings. The highest BCUT2D eigenvalue weighted by molar-refractivity contribution is 9.12. The number of nitrogens with zero attached hydrogens (tertiary/aromatic N) is 1. The first-order valence-electron chi connectivity index (χ1n) is 12.7. The van der Waals surface area contributed by atoms with Crippen LogP contribution in [0, 0.1) is 17.8 Å². The first kappa shape index (κ1) is 26.7. The number of benzene rings is 2. The Morgan fingerprint density at radius 3 is 2.46 bits per heavy atom. The molecule has 1 saturated heterocycles. The van der Waals surface area contributed by atoms with Crippen molar-refractivity contribution in [1.29, 1.82) is 0 Å². The summed E-state index contributed by atoms with van der Waals surface area (Å²) in [7, 11) is 1.42. The van der Waals surface area contributed by atoms with Gasteiger partial charge in [0.25, 0.3) is 0 Å². The van der Waals surface area contributed by atoms with E-state index in [0.717, 1.165) is 17.0 Å². The number of phenols is 2. The summed E-state index contributed by atoms with van der Waals surface area (Å²) in [5.41, 5.74) is 1.42. The fraction of sp³-hybridized carbons (Fsp3) is 0.233. The molecular weight excluding hydrogens is 598 g/mol. The number of amides is 2. The van der Waals surface area contributed by atoms with Crippen LogP contribution in [-0.4, -0.2) is 51.8 Å². The smallest absolute Gasteiger partial charge is 0.339 e. The zero-order valence-electron chi connectivity index (χ0n) is 21.5. The Hall–Kier alpha value is -4.51. The summed E-state index contributed by atoms with van der Waals surface area (Å²) in [6, 6.07) is 7.97. The number of methoxy groups -OCH3 is 1. The van der Waals surface area contributed by atoms with Crippen molar-refractivity contribution in [3.63, 3.8) is 0 Å². The van der Waals surface area contributed by atoms with Gasteiger partial charge in [0, 0.05) is 40.8 Å². The molecule has 0 bridgehead atoms. The summed E-state index contributed by atoms with van der Waals surface area (Å²) in [4.78, 5) is 66.6. The standard InChI is InChI=1S/C30H22BrNO9/c1-41-23-9-13(33)3-5-16(23)24-14-6-7-17-25(18(14)10-19-26(24)22(35)11-20(31)27(19)36)29(38)32(28(17)37)12-2-4-15(30(39)40)21(34)8-12/h2-6,8-9,11,17-18,24-25,33-34H,7,10H2,1H3,(H,39,40)/t17-,18+,24+,25-/m0/s1. The molecule has 0 spiro atoms. The van der Waals surface area contributed by atoms with Crippen molar-refractivity contribution in [2.24, 2.45) is 17.8 Å². The van der Waals surface area contributed by atoms with Crippen molar-refractivity contribution in [1.82, 2.24) is 0 Å². The summed E-state index contributed by atoms with van der Waals surface area (Å²) in [5.74, 6) is -6.47. The van der Waals surface area contributed by atoms with E-state index < -0.39 is 47.2 Å².